The lowest BCUT2D eigenvalue weighted by Crippen LogP contribution is -2.11. The van der Waals surface area contributed by atoms with Crippen molar-refractivity contribution in [2.75, 3.05) is 6.61 Å². The van der Waals surface area contributed by atoms with Gasteiger partial charge < -0.3 is 4.74 Å². The summed E-state index contributed by atoms with van der Waals surface area (Å²) in [7, 11) is 0. The Hall–Kier alpha value is -1.16. The van der Waals surface area contributed by atoms with E-state index in [0.717, 1.165) is 5.56 Å². The maximum atomic E-state index is 11.4. The summed E-state index contributed by atoms with van der Waals surface area (Å²) in [5.41, 5.74) is 1.00. The van der Waals surface area contributed by atoms with Crippen molar-refractivity contribution >= 4 is 17.6 Å². The highest BCUT2D eigenvalue weighted by atomic mass is 35.5. The molecule has 0 aliphatic rings. The molecule has 4 nitrogen and oxygen atoms in total. The third-order valence-corrected chi connectivity index (χ3v) is 1.87. The van der Waals surface area contributed by atoms with Crippen LogP contribution in [-0.4, -0.2) is 22.5 Å². The number of carbonyl (C=O) groups is 1. The largest absolute Gasteiger partial charge is 0.461 e. The van der Waals surface area contributed by atoms with Gasteiger partial charge >= 0.3 is 5.97 Å². The average molecular weight is 215 g/mol. The second-order valence-corrected chi connectivity index (χ2v) is 2.92. The fourth-order valence-electron chi connectivity index (χ4n) is 1.02. The highest BCUT2D eigenvalue weighted by Crippen LogP contribution is 2.10. The number of halogens is 1. The maximum Gasteiger partial charge on any atom is 0.357 e. The number of ether oxygens (including phenoxy) is 1. The van der Waals surface area contributed by atoms with Crippen molar-refractivity contribution in [2.45, 2.75) is 20.3 Å². The number of hydrogen-bond acceptors (Lipinski definition) is 4. The molecule has 5 heteroatoms. The molecule has 0 saturated heterocycles. The summed E-state index contributed by atoms with van der Waals surface area (Å²) in [6, 6.07) is 0. The van der Waals surface area contributed by atoms with Crippen LogP contribution < -0.4 is 0 Å². The van der Waals surface area contributed by atoms with E-state index in [9.17, 15) is 4.79 Å². The van der Waals surface area contributed by atoms with Crippen LogP contribution >= 0.6 is 11.6 Å². The Labute approximate surface area is 87.3 Å². The molecular formula is C9H11ClN2O2. The molecule has 1 aromatic heterocycles. The van der Waals surface area contributed by atoms with Gasteiger partial charge in [0, 0.05) is 11.8 Å². The number of aryl methyl sites for hydroxylation is 1. The van der Waals surface area contributed by atoms with Gasteiger partial charge in [0.2, 0.25) is 5.28 Å². The van der Waals surface area contributed by atoms with E-state index in [0.29, 0.717) is 13.0 Å². The quantitative estimate of drug-likeness (QED) is 0.569. The van der Waals surface area contributed by atoms with Gasteiger partial charge in [-0.3, -0.25) is 0 Å². The van der Waals surface area contributed by atoms with Gasteiger partial charge in [-0.15, -0.1) is 0 Å². The fraction of sp³-hybridized carbons (Fsp3) is 0.444. The van der Waals surface area contributed by atoms with E-state index in [-0.39, 0.29) is 11.0 Å². The third-order valence-electron chi connectivity index (χ3n) is 1.68. The molecule has 0 radical (unpaired) electrons. The molecule has 0 saturated carbocycles. The van der Waals surface area contributed by atoms with Crippen LogP contribution in [0.5, 0.6) is 0 Å². The number of hydrogen-bond donors (Lipinski definition) is 0. The van der Waals surface area contributed by atoms with Gasteiger partial charge in [0.1, 0.15) is 0 Å². The standard InChI is InChI=1S/C9H11ClN2O2/c1-3-6-5-11-9(10)12-7(6)8(13)14-4-2/h5H,3-4H2,1-2H3. The minimum Gasteiger partial charge on any atom is -0.461 e. The molecule has 0 aliphatic heterocycles. The van der Waals surface area contributed by atoms with Crippen LogP contribution in [0.4, 0.5) is 0 Å². The first-order valence-corrected chi connectivity index (χ1v) is 4.75. The van der Waals surface area contributed by atoms with Crippen molar-refractivity contribution in [3.63, 3.8) is 0 Å². The summed E-state index contributed by atoms with van der Waals surface area (Å²) in [4.78, 5) is 19.0. The summed E-state index contributed by atoms with van der Waals surface area (Å²) in [6.07, 6.45) is 2.22. The molecule has 0 aromatic carbocycles. The Balaban J connectivity index is 3.03. The van der Waals surface area contributed by atoms with E-state index >= 15 is 0 Å². The van der Waals surface area contributed by atoms with Gasteiger partial charge in [0.15, 0.2) is 5.69 Å². The van der Waals surface area contributed by atoms with Gasteiger partial charge in [-0.05, 0) is 24.9 Å². The highest BCUT2D eigenvalue weighted by Gasteiger charge is 2.14. The summed E-state index contributed by atoms with van der Waals surface area (Å²) < 4.78 is 4.84. The van der Waals surface area contributed by atoms with E-state index < -0.39 is 5.97 Å². The predicted molar refractivity (Wildman–Crippen MR) is 52.4 cm³/mol. The summed E-state index contributed by atoms with van der Waals surface area (Å²) in [5, 5.41) is 0.0604. The van der Waals surface area contributed by atoms with Crippen molar-refractivity contribution in [3.8, 4) is 0 Å². The van der Waals surface area contributed by atoms with Crippen molar-refractivity contribution in [2.24, 2.45) is 0 Å². The molecule has 14 heavy (non-hydrogen) atoms. The first-order valence-electron chi connectivity index (χ1n) is 4.37. The summed E-state index contributed by atoms with van der Waals surface area (Å²) in [6.45, 7) is 3.98. The number of carbonyl (C=O) groups excluding carboxylic acids is 1. The molecular weight excluding hydrogens is 204 g/mol. The Morgan fingerprint density at radius 2 is 2.29 bits per heavy atom. The maximum absolute atomic E-state index is 11.4. The average Bonchev–Trinajstić information content (AvgIpc) is 2.18. The molecule has 0 atom stereocenters. The molecule has 0 N–H and O–H groups in total. The minimum atomic E-state index is -0.450. The smallest absolute Gasteiger partial charge is 0.357 e. The molecule has 1 heterocycles. The Kier molecular flexibility index (Phi) is 3.83. The molecule has 0 aliphatic carbocycles. The number of rotatable bonds is 3. The monoisotopic (exact) mass is 214 g/mol. The van der Waals surface area contributed by atoms with Crippen LogP contribution in [0.1, 0.15) is 29.9 Å². The second-order valence-electron chi connectivity index (χ2n) is 2.59. The van der Waals surface area contributed by atoms with E-state index in [1.54, 1.807) is 13.1 Å². The zero-order valence-corrected chi connectivity index (χ0v) is 8.84. The topological polar surface area (TPSA) is 52.1 Å². The molecule has 76 valence electrons. The zero-order valence-electron chi connectivity index (χ0n) is 8.08. The molecule has 1 rings (SSSR count). The lowest BCUT2D eigenvalue weighted by atomic mass is 10.2. The Morgan fingerprint density at radius 3 is 2.86 bits per heavy atom. The van der Waals surface area contributed by atoms with Crippen LogP contribution in [-0.2, 0) is 11.2 Å². The predicted octanol–water partition coefficient (Wildman–Crippen LogP) is 1.87. The lowest BCUT2D eigenvalue weighted by Gasteiger charge is -2.05. The van der Waals surface area contributed by atoms with Gasteiger partial charge in [-0.2, -0.15) is 0 Å². The van der Waals surface area contributed by atoms with Crippen LogP contribution in [0.2, 0.25) is 5.28 Å². The number of nitrogens with zero attached hydrogens (tertiary/aromatic N) is 2. The van der Waals surface area contributed by atoms with Crippen molar-refractivity contribution in [3.05, 3.63) is 22.7 Å². The summed E-state index contributed by atoms with van der Waals surface area (Å²) in [5.74, 6) is -0.450. The molecule has 0 unspecified atom stereocenters. The van der Waals surface area contributed by atoms with E-state index in [1.165, 1.54) is 0 Å². The molecule has 1 aromatic rings. The molecule has 0 fully saturated rings. The van der Waals surface area contributed by atoms with Crippen molar-refractivity contribution in [1.29, 1.82) is 0 Å². The van der Waals surface area contributed by atoms with Crippen LogP contribution in [0.25, 0.3) is 0 Å². The highest BCUT2D eigenvalue weighted by molar-refractivity contribution is 6.28. The third kappa shape index (κ3) is 2.42. The van der Waals surface area contributed by atoms with E-state index in [2.05, 4.69) is 9.97 Å². The second kappa shape index (κ2) is 4.91. The molecule has 0 bridgehead atoms. The van der Waals surface area contributed by atoms with Crippen molar-refractivity contribution < 1.29 is 9.53 Å². The van der Waals surface area contributed by atoms with Crippen LogP contribution in [0.3, 0.4) is 0 Å². The Morgan fingerprint density at radius 1 is 1.57 bits per heavy atom. The van der Waals surface area contributed by atoms with Gasteiger partial charge in [-0.1, -0.05) is 6.92 Å². The SMILES string of the molecule is CCOC(=O)c1nc(Cl)ncc1CC. The molecule has 0 amide bonds. The first kappa shape index (κ1) is 10.9. The summed E-state index contributed by atoms with van der Waals surface area (Å²) >= 11 is 5.59. The van der Waals surface area contributed by atoms with E-state index in [4.69, 9.17) is 16.3 Å². The number of aromatic nitrogens is 2. The lowest BCUT2D eigenvalue weighted by molar-refractivity contribution is 0.0518. The van der Waals surface area contributed by atoms with Crippen LogP contribution in [0, 0.1) is 0 Å². The van der Waals surface area contributed by atoms with Crippen LogP contribution in [0.15, 0.2) is 6.20 Å². The van der Waals surface area contributed by atoms with Gasteiger partial charge in [0.05, 0.1) is 6.61 Å². The first-order chi connectivity index (χ1) is 6.69. The van der Waals surface area contributed by atoms with Gasteiger partial charge in [0.25, 0.3) is 0 Å². The van der Waals surface area contributed by atoms with Crippen molar-refractivity contribution in [1.82, 2.24) is 9.97 Å². The fourth-order valence-corrected chi connectivity index (χ4v) is 1.15. The minimum absolute atomic E-state index is 0.0604. The molecule has 0 spiro atoms. The number of esters is 1. The normalized spacial score (nSPS) is 9.93. The zero-order chi connectivity index (χ0) is 10.6. The Bertz CT molecular complexity index is 342. The van der Waals surface area contributed by atoms with Gasteiger partial charge in [-0.25, -0.2) is 14.8 Å². The van der Waals surface area contributed by atoms with E-state index in [1.807, 2.05) is 6.92 Å².